The van der Waals surface area contributed by atoms with Gasteiger partial charge in [0.15, 0.2) is 0 Å². The van der Waals surface area contributed by atoms with Crippen LogP contribution in [0.1, 0.15) is 51.7 Å². The van der Waals surface area contributed by atoms with Crippen molar-refractivity contribution in [3.8, 4) is 11.4 Å². The highest BCUT2D eigenvalue weighted by molar-refractivity contribution is 5.81. The molecule has 2 aromatic heterocycles. The topological polar surface area (TPSA) is 107 Å². The molecule has 2 atom stereocenters. The first-order valence-electron chi connectivity index (χ1n) is 13.8. The molecule has 1 fully saturated rings. The van der Waals surface area contributed by atoms with E-state index >= 15 is 0 Å². The van der Waals surface area contributed by atoms with E-state index in [9.17, 15) is 9.59 Å². The number of rotatable bonds is 10. The summed E-state index contributed by atoms with van der Waals surface area (Å²) < 4.78 is 18.6. The Hall–Kier alpha value is -3.01. The lowest BCUT2D eigenvalue weighted by atomic mass is 9.86. The molecular formula is C30H42N4O5. The molecule has 0 radical (unpaired) electrons. The molecule has 3 heterocycles. The van der Waals surface area contributed by atoms with Crippen LogP contribution in [0.2, 0.25) is 0 Å². The number of carbonyl (C=O) groups excluding carboxylic acids is 1. The Bertz CT molecular complexity index is 1330. The Morgan fingerprint density at radius 3 is 2.67 bits per heavy atom. The number of hydrogen-bond donors (Lipinski definition) is 2. The predicted molar refractivity (Wildman–Crippen MR) is 152 cm³/mol. The number of aromatic nitrogens is 3. The number of carbonyl (C=O) groups is 1. The third-order valence-corrected chi connectivity index (χ3v) is 7.27. The van der Waals surface area contributed by atoms with Gasteiger partial charge in [-0.25, -0.2) is 4.98 Å². The van der Waals surface area contributed by atoms with E-state index in [1.54, 1.807) is 13.3 Å². The monoisotopic (exact) mass is 538 g/mol. The van der Waals surface area contributed by atoms with Crippen molar-refractivity contribution in [1.82, 2.24) is 19.9 Å². The molecule has 9 heteroatoms. The normalized spacial score (nSPS) is 16.4. The van der Waals surface area contributed by atoms with Crippen molar-refractivity contribution < 1.29 is 19.0 Å². The standard InChI is InChI=1S/C30H42N4O5/c1-19-13-23(16-32-28(19)35)27-33-24-14-22(7-8-25(24)34(27)17-21-9-11-38-12-10-21)15-31-26(30(3,4)5)29(36)39-20(2)18-37-6/h7-8,13-14,16,20-21,26,31H,9-12,15,17-18H2,1-6H3,(H,32,35)/t20?,26-/m1/s1. The largest absolute Gasteiger partial charge is 0.459 e. The number of pyridine rings is 1. The maximum atomic E-state index is 13.0. The third-order valence-electron chi connectivity index (χ3n) is 7.27. The zero-order chi connectivity index (χ0) is 28.2. The summed E-state index contributed by atoms with van der Waals surface area (Å²) in [5.41, 5.74) is 4.05. The van der Waals surface area contributed by atoms with Gasteiger partial charge in [0, 0.05) is 50.7 Å². The van der Waals surface area contributed by atoms with Crippen LogP contribution in [-0.4, -0.2) is 59.6 Å². The summed E-state index contributed by atoms with van der Waals surface area (Å²) in [5.74, 6) is 1.05. The number of aromatic amines is 1. The van der Waals surface area contributed by atoms with Crippen molar-refractivity contribution >= 4 is 17.0 Å². The molecule has 0 bridgehead atoms. The Morgan fingerprint density at radius 1 is 1.26 bits per heavy atom. The van der Waals surface area contributed by atoms with Crippen molar-refractivity contribution in [3.63, 3.8) is 0 Å². The van der Waals surface area contributed by atoms with Gasteiger partial charge >= 0.3 is 5.97 Å². The molecular weight excluding hydrogens is 496 g/mol. The van der Waals surface area contributed by atoms with E-state index in [1.807, 2.05) is 40.7 Å². The number of ether oxygens (including phenoxy) is 3. The van der Waals surface area contributed by atoms with Gasteiger partial charge in [0.1, 0.15) is 18.0 Å². The zero-order valence-corrected chi connectivity index (χ0v) is 24.0. The van der Waals surface area contributed by atoms with Crippen molar-refractivity contribution in [2.24, 2.45) is 11.3 Å². The number of aryl methyl sites for hydroxylation is 1. The smallest absolute Gasteiger partial charge is 0.324 e. The highest BCUT2D eigenvalue weighted by atomic mass is 16.6. The molecule has 39 heavy (non-hydrogen) atoms. The lowest BCUT2D eigenvalue weighted by Crippen LogP contribution is -2.48. The first-order valence-corrected chi connectivity index (χ1v) is 13.8. The van der Waals surface area contributed by atoms with Gasteiger partial charge in [0.2, 0.25) is 0 Å². The second-order valence-electron chi connectivity index (χ2n) is 11.7. The minimum Gasteiger partial charge on any atom is -0.459 e. The number of imidazole rings is 1. The summed E-state index contributed by atoms with van der Waals surface area (Å²) in [5, 5.41) is 3.42. The van der Waals surface area contributed by atoms with Crippen molar-refractivity contribution in [1.29, 1.82) is 0 Å². The second kappa shape index (κ2) is 12.4. The van der Waals surface area contributed by atoms with E-state index in [0.29, 0.717) is 24.6 Å². The van der Waals surface area contributed by atoms with Gasteiger partial charge in [0.05, 0.1) is 17.6 Å². The number of methoxy groups -OCH3 is 1. The number of esters is 1. The van der Waals surface area contributed by atoms with Gasteiger partial charge in [-0.05, 0) is 61.8 Å². The van der Waals surface area contributed by atoms with E-state index in [-0.39, 0.29) is 23.0 Å². The Morgan fingerprint density at radius 2 is 2.00 bits per heavy atom. The number of H-pyrrole nitrogens is 1. The summed E-state index contributed by atoms with van der Waals surface area (Å²) >= 11 is 0. The molecule has 212 valence electrons. The van der Waals surface area contributed by atoms with E-state index in [0.717, 1.165) is 60.6 Å². The van der Waals surface area contributed by atoms with Crippen LogP contribution in [0.4, 0.5) is 0 Å². The van der Waals surface area contributed by atoms with Crippen LogP contribution in [-0.2, 0) is 32.1 Å². The minimum atomic E-state index is -0.488. The molecule has 1 aliphatic rings. The molecule has 0 aliphatic carbocycles. The molecule has 0 spiro atoms. The van der Waals surface area contributed by atoms with Gasteiger partial charge in [-0.1, -0.05) is 26.8 Å². The number of nitrogens with zero attached hydrogens (tertiary/aromatic N) is 2. The van der Waals surface area contributed by atoms with Gasteiger partial charge in [-0.2, -0.15) is 0 Å². The highest BCUT2D eigenvalue weighted by Gasteiger charge is 2.33. The molecule has 9 nitrogen and oxygen atoms in total. The third kappa shape index (κ3) is 7.15. The van der Waals surface area contributed by atoms with Gasteiger partial charge in [0.25, 0.3) is 5.56 Å². The maximum Gasteiger partial charge on any atom is 0.324 e. The van der Waals surface area contributed by atoms with E-state index < -0.39 is 6.04 Å². The molecule has 1 aromatic carbocycles. The van der Waals surface area contributed by atoms with E-state index in [4.69, 9.17) is 19.2 Å². The Labute approximate surface area is 230 Å². The summed E-state index contributed by atoms with van der Waals surface area (Å²) in [6.07, 6.45) is 3.45. The maximum absolute atomic E-state index is 13.0. The number of fused-ring (bicyclic) bond motifs is 1. The molecule has 1 unspecified atom stereocenters. The van der Waals surface area contributed by atoms with E-state index in [2.05, 4.69) is 33.1 Å². The minimum absolute atomic E-state index is 0.0947. The quantitative estimate of drug-likeness (QED) is 0.372. The molecule has 3 aromatic rings. The summed E-state index contributed by atoms with van der Waals surface area (Å²) in [4.78, 5) is 32.8. The Kier molecular flexibility index (Phi) is 9.25. The van der Waals surface area contributed by atoms with E-state index in [1.165, 1.54) is 0 Å². The van der Waals surface area contributed by atoms with Gasteiger partial charge in [-0.15, -0.1) is 0 Å². The number of nitrogens with one attached hydrogen (secondary N) is 2. The van der Waals surface area contributed by atoms with Gasteiger partial charge < -0.3 is 23.8 Å². The fraction of sp³-hybridized carbons (Fsp3) is 0.567. The van der Waals surface area contributed by atoms with Gasteiger partial charge in [-0.3, -0.25) is 14.9 Å². The lowest BCUT2D eigenvalue weighted by Gasteiger charge is -2.30. The van der Waals surface area contributed by atoms with Crippen molar-refractivity contribution in [3.05, 3.63) is 51.9 Å². The highest BCUT2D eigenvalue weighted by Crippen LogP contribution is 2.29. The summed E-state index contributed by atoms with van der Waals surface area (Å²) in [7, 11) is 1.59. The molecule has 4 rings (SSSR count). The van der Waals surface area contributed by atoms with Crippen LogP contribution >= 0.6 is 0 Å². The van der Waals surface area contributed by atoms with Crippen molar-refractivity contribution in [2.45, 2.75) is 72.7 Å². The molecule has 0 saturated carbocycles. The van der Waals surface area contributed by atoms with Crippen molar-refractivity contribution in [2.75, 3.05) is 26.9 Å². The van der Waals surface area contributed by atoms with Crippen LogP contribution in [0.5, 0.6) is 0 Å². The first kappa shape index (κ1) is 29.0. The predicted octanol–water partition coefficient (Wildman–Crippen LogP) is 4.21. The average Bonchev–Trinajstić information content (AvgIpc) is 3.23. The fourth-order valence-corrected chi connectivity index (χ4v) is 5.10. The SMILES string of the molecule is COCC(C)OC(=O)[C@@H](NCc1ccc2c(c1)nc(-c1c[nH]c(=O)c(C)c1)n2CC1CCOCC1)C(C)(C)C. The summed E-state index contributed by atoms with van der Waals surface area (Å²) in [6.45, 7) is 12.9. The van der Waals surface area contributed by atoms with Crippen LogP contribution in [0.3, 0.4) is 0 Å². The fourth-order valence-electron chi connectivity index (χ4n) is 5.10. The molecule has 0 amide bonds. The summed E-state index contributed by atoms with van der Waals surface area (Å²) in [6, 6.07) is 7.67. The van der Waals surface area contributed by atoms with Crippen LogP contribution in [0.15, 0.2) is 35.3 Å². The molecule has 1 saturated heterocycles. The average molecular weight is 539 g/mol. The van der Waals surface area contributed by atoms with Crippen LogP contribution in [0.25, 0.3) is 22.4 Å². The molecule has 1 aliphatic heterocycles. The lowest BCUT2D eigenvalue weighted by molar-refractivity contribution is -0.156. The number of hydrogen-bond acceptors (Lipinski definition) is 7. The molecule has 2 N–H and O–H groups in total. The second-order valence-corrected chi connectivity index (χ2v) is 11.7. The number of benzene rings is 1. The Balaban J connectivity index is 1.62. The van der Waals surface area contributed by atoms with Crippen LogP contribution < -0.4 is 10.9 Å². The van der Waals surface area contributed by atoms with Crippen LogP contribution in [0, 0.1) is 18.3 Å². The first-order chi connectivity index (χ1) is 18.6. The zero-order valence-electron chi connectivity index (χ0n) is 24.0.